The van der Waals surface area contributed by atoms with Gasteiger partial charge in [-0.1, -0.05) is 0 Å². The molecule has 2 atom stereocenters. The first-order valence-electron chi connectivity index (χ1n) is 7.43. The molecular formula is C15H21FN2O4S. The molecule has 0 aromatic heterocycles. The predicted molar refractivity (Wildman–Crippen MR) is 85.2 cm³/mol. The molecule has 1 aromatic carbocycles. The molecule has 1 N–H and O–H groups in total. The summed E-state index contributed by atoms with van der Waals surface area (Å²) in [4.78, 5) is 12.3. The molecule has 23 heavy (non-hydrogen) atoms. The summed E-state index contributed by atoms with van der Waals surface area (Å²) in [6, 6.07) is 4.03. The van der Waals surface area contributed by atoms with Crippen molar-refractivity contribution in [3.05, 3.63) is 30.1 Å². The zero-order valence-electron chi connectivity index (χ0n) is 13.2. The van der Waals surface area contributed by atoms with Gasteiger partial charge in [-0.15, -0.1) is 0 Å². The highest BCUT2D eigenvalue weighted by Crippen LogP contribution is 2.21. The maximum atomic E-state index is 13.0. The Morgan fingerprint density at radius 2 is 2.09 bits per heavy atom. The lowest BCUT2D eigenvalue weighted by Crippen LogP contribution is -2.49. The van der Waals surface area contributed by atoms with E-state index >= 15 is 0 Å². The van der Waals surface area contributed by atoms with E-state index in [2.05, 4.69) is 5.32 Å². The second kappa shape index (κ2) is 7.27. The molecule has 128 valence electrons. The van der Waals surface area contributed by atoms with E-state index in [4.69, 9.17) is 4.74 Å². The molecule has 1 aliphatic heterocycles. The topological polar surface area (TPSA) is 75.7 Å². The van der Waals surface area contributed by atoms with Crippen LogP contribution in [0.15, 0.2) is 24.3 Å². The Morgan fingerprint density at radius 1 is 1.43 bits per heavy atom. The molecular weight excluding hydrogens is 323 g/mol. The van der Waals surface area contributed by atoms with Crippen LogP contribution in [-0.2, 0) is 19.6 Å². The van der Waals surface area contributed by atoms with Crippen molar-refractivity contribution in [1.29, 1.82) is 0 Å². The van der Waals surface area contributed by atoms with Gasteiger partial charge in [-0.25, -0.2) is 12.8 Å². The highest BCUT2D eigenvalue weighted by Gasteiger charge is 2.29. The number of nitrogens with one attached hydrogen (secondary N) is 1. The van der Waals surface area contributed by atoms with Crippen molar-refractivity contribution < 1.29 is 22.3 Å². The lowest BCUT2D eigenvalue weighted by molar-refractivity contribution is -0.122. The molecule has 6 nitrogen and oxygen atoms in total. The molecule has 0 radical (unpaired) electrons. The van der Waals surface area contributed by atoms with E-state index in [1.54, 1.807) is 0 Å². The predicted octanol–water partition coefficient (Wildman–Crippen LogP) is 1.28. The lowest BCUT2D eigenvalue weighted by atomic mass is 10.2. The molecule has 1 aromatic rings. The Hall–Kier alpha value is -1.67. The van der Waals surface area contributed by atoms with Crippen LogP contribution in [-0.4, -0.2) is 45.9 Å². The Kier molecular flexibility index (Phi) is 5.59. The van der Waals surface area contributed by atoms with E-state index in [0.717, 1.165) is 35.5 Å². The minimum Gasteiger partial charge on any atom is -0.376 e. The SMILES string of the molecule is C[C@@H](C(=O)NC[C@H]1CCCO1)N(c1ccc(F)cc1)S(C)(=O)=O. The van der Waals surface area contributed by atoms with Crippen molar-refractivity contribution in [3.8, 4) is 0 Å². The molecule has 1 saturated heterocycles. The van der Waals surface area contributed by atoms with Crippen molar-refractivity contribution in [2.24, 2.45) is 0 Å². The van der Waals surface area contributed by atoms with Crippen LogP contribution in [0.2, 0.25) is 0 Å². The van der Waals surface area contributed by atoms with E-state index in [-0.39, 0.29) is 11.8 Å². The Bertz CT molecular complexity index is 642. The van der Waals surface area contributed by atoms with Gasteiger partial charge in [0.05, 0.1) is 18.0 Å². The Labute approximate surface area is 135 Å². The first-order chi connectivity index (χ1) is 10.8. The van der Waals surface area contributed by atoms with Crippen LogP contribution < -0.4 is 9.62 Å². The molecule has 0 aliphatic carbocycles. The summed E-state index contributed by atoms with van der Waals surface area (Å²) in [5, 5.41) is 2.71. The van der Waals surface area contributed by atoms with Gasteiger partial charge in [-0.2, -0.15) is 0 Å². The molecule has 1 amide bonds. The summed E-state index contributed by atoms with van der Waals surface area (Å²) in [5.74, 6) is -0.895. The fraction of sp³-hybridized carbons (Fsp3) is 0.533. The first kappa shape index (κ1) is 17.7. The molecule has 0 unspecified atom stereocenters. The average Bonchev–Trinajstić information content (AvgIpc) is 2.99. The summed E-state index contributed by atoms with van der Waals surface area (Å²) in [7, 11) is -3.69. The third-order valence-corrected chi connectivity index (χ3v) is 4.94. The van der Waals surface area contributed by atoms with Gasteiger partial charge in [-0.05, 0) is 44.0 Å². The Morgan fingerprint density at radius 3 is 2.61 bits per heavy atom. The smallest absolute Gasteiger partial charge is 0.243 e. The summed E-state index contributed by atoms with van der Waals surface area (Å²) >= 11 is 0. The highest BCUT2D eigenvalue weighted by atomic mass is 32.2. The normalized spacial score (nSPS) is 19.3. The molecule has 1 aliphatic rings. The van der Waals surface area contributed by atoms with Crippen LogP contribution in [0.3, 0.4) is 0 Å². The van der Waals surface area contributed by atoms with Gasteiger partial charge in [0.2, 0.25) is 15.9 Å². The van der Waals surface area contributed by atoms with E-state index < -0.39 is 27.8 Å². The quantitative estimate of drug-likeness (QED) is 0.843. The summed E-state index contributed by atoms with van der Waals surface area (Å²) < 4.78 is 43.5. The van der Waals surface area contributed by atoms with Crippen molar-refractivity contribution in [2.45, 2.75) is 31.9 Å². The average molecular weight is 344 g/mol. The van der Waals surface area contributed by atoms with Gasteiger partial charge in [0.15, 0.2) is 0 Å². The largest absolute Gasteiger partial charge is 0.376 e. The number of carbonyl (C=O) groups excluding carboxylic acids is 1. The second-order valence-corrected chi connectivity index (χ2v) is 7.45. The first-order valence-corrected chi connectivity index (χ1v) is 9.28. The van der Waals surface area contributed by atoms with Gasteiger partial charge in [-0.3, -0.25) is 9.10 Å². The lowest BCUT2D eigenvalue weighted by Gasteiger charge is -2.28. The van der Waals surface area contributed by atoms with Gasteiger partial charge in [0, 0.05) is 13.2 Å². The van der Waals surface area contributed by atoms with Gasteiger partial charge < -0.3 is 10.1 Å². The monoisotopic (exact) mass is 344 g/mol. The van der Waals surface area contributed by atoms with Gasteiger partial charge >= 0.3 is 0 Å². The van der Waals surface area contributed by atoms with Crippen LogP contribution in [0.25, 0.3) is 0 Å². The second-order valence-electron chi connectivity index (χ2n) is 5.59. The zero-order chi connectivity index (χ0) is 17.0. The number of hydrogen-bond acceptors (Lipinski definition) is 4. The molecule has 1 fully saturated rings. The number of halogens is 1. The number of sulfonamides is 1. The van der Waals surface area contributed by atoms with Crippen molar-refractivity contribution in [3.63, 3.8) is 0 Å². The summed E-state index contributed by atoms with van der Waals surface area (Å²) in [6.07, 6.45) is 2.83. The number of hydrogen-bond donors (Lipinski definition) is 1. The number of ether oxygens (including phenoxy) is 1. The summed E-state index contributed by atoms with van der Waals surface area (Å²) in [5.41, 5.74) is 0.244. The molecule has 0 bridgehead atoms. The van der Waals surface area contributed by atoms with Crippen LogP contribution in [0.1, 0.15) is 19.8 Å². The van der Waals surface area contributed by atoms with E-state index in [9.17, 15) is 17.6 Å². The van der Waals surface area contributed by atoms with Gasteiger partial charge in [0.1, 0.15) is 11.9 Å². The Balaban J connectivity index is 2.11. The fourth-order valence-electron chi connectivity index (χ4n) is 2.56. The zero-order valence-corrected chi connectivity index (χ0v) is 14.0. The maximum absolute atomic E-state index is 13.0. The molecule has 2 rings (SSSR count). The number of nitrogens with zero attached hydrogens (tertiary/aromatic N) is 1. The van der Waals surface area contributed by atoms with E-state index in [1.165, 1.54) is 19.1 Å². The molecule has 1 heterocycles. The number of anilines is 1. The van der Waals surface area contributed by atoms with Crippen molar-refractivity contribution in [2.75, 3.05) is 23.7 Å². The third-order valence-electron chi connectivity index (χ3n) is 3.70. The number of amides is 1. The van der Waals surface area contributed by atoms with Crippen LogP contribution >= 0.6 is 0 Å². The van der Waals surface area contributed by atoms with Crippen molar-refractivity contribution >= 4 is 21.6 Å². The van der Waals surface area contributed by atoms with Crippen LogP contribution in [0.4, 0.5) is 10.1 Å². The van der Waals surface area contributed by atoms with E-state index in [0.29, 0.717) is 13.2 Å². The standard InChI is InChI=1S/C15H21FN2O4S/c1-11(15(19)17-10-14-4-3-9-22-14)18(23(2,20)21)13-7-5-12(16)6-8-13/h5-8,11,14H,3-4,9-10H2,1-2H3,(H,17,19)/t11-,14+/m0/s1. The fourth-order valence-corrected chi connectivity index (χ4v) is 3.74. The maximum Gasteiger partial charge on any atom is 0.243 e. The number of carbonyl (C=O) groups is 1. The molecule has 0 saturated carbocycles. The molecule has 0 spiro atoms. The van der Waals surface area contributed by atoms with Crippen LogP contribution in [0, 0.1) is 5.82 Å². The van der Waals surface area contributed by atoms with Crippen LogP contribution in [0.5, 0.6) is 0 Å². The minimum absolute atomic E-state index is 0.0244. The molecule has 8 heteroatoms. The number of benzene rings is 1. The van der Waals surface area contributed by atoms with Crippen molar-refractivity contribution in [1.82, 2.24) is 5.32 Å². The minimum atomic E-state index is -3.69. The number of rotatable bonds is 6. The summed E-state index contributed by atoms with van der Waals surface area (Å²) in [6.45, 7) is 2.53. The highest BCUT2D eigenvalue weighted by molar-refractivity contribution is 7.92. The third kappa shape index (κ3) is 4.65. The van der Waals surface area contributed by atoms with Gasteiger partial charge in [0.25, 0.3) is 0 Å². The van der Waals surface area contributed by atoms with E-state index in [1.807, 2.05) is 0 Å².